The molecule has 2 amide bonds. The Labute approximate surface area is 152 Å². The van der Waals surface area contributed by atoms with Gasteiger partial charge < -0.3 is 15.0 Å². The highest BCUT2D eigenvalue weighted by atomic mass is 19.1. The molecule has 26 heavy (non-hydrogen) atoms. The molecule has 0 heterocycles. The van der Waals surface area contributed by atoms with Crippen molar-refractivity contribution in [3.8, 4) is 5.75 Å². The first-order chi connectivity index (χ1) is 12.6. The van der Waals surface area contributed by atoms with E-state index in [1.54, 1.807) is 18.2 Å². The van der Waals surface area contributed by atoms with Crippen LogP contribution in [0, 0.1) is 5.82 Å². The van der Waals surface area contributed by atoms with E-state index in [9.17, 15) is 14.0 Å². The maximum absolute atomic E-state index is 13.7. The molecule has 2 aromatic carbocycles. The second kappa shape index (κ2) is 10.2. The maximum atomic E-state index is 13.7. The van der Waals surface area contributed by atoms with Gasteiger partial charge in [0.05, 0.1) is 13.0 Å². The number of halogens is 1. The lowest BCUT2D eigenvalue weighted by Gasteiger charge is -2.21. The average Bonchev–Trinajstić information content (AvgIpc) is 2.63. The van der Waals surface area contributed by atoms with Crippen LogP contribution in [-0.4, -0.2) is 36.4 Å². The van der Waals surface area contributed by atoms with E-state index in [1.165, 1.54) is 17.9 Å². The molecule has 0 aliphatic carbocycles. The summed E-state index contributed by atoms with van der Waals surface area (Å²) in [5.74, 6) is 0.0408. The molecule has 5 nitrogen and oxygen atoms in total. The van der Waals surface area contributed by atoms with Crippen molar-refractivity contribution in [1.29, 1.82) is 0 Å². The van der Waals surface area contributed by atoms with Gasteiger partial charge >= 0.3 is 0 Å². The van der Waals surface area contributed by atoms with E-state index in [1.807, 2.05) is 30.3 Å². The lowest BCUT2D eigenvalue weighted by molar-refractivity contribution is -0.130. The minimum absolute atomic E-state index is 0.157. The summed E-state index contributed by atoms with van der Waals surface area (Å²) in [7, 11) is 0. The quantitative estimate of drug-likeness (QED) is 0.750. The third-order valence-electron chi connectivity index (χ3n) is 3.81. The van der Waals surface area contributed by atoms with E-state index >= 15 is 0 Å². The molecule has 0 saturated heterocycles. The number of carbonyl (C=O) groups excluding carboxylic acids is 2. The number of hydrogen-bond acceptors (Lipinski definition) is 3. The summed E-state index contributed by atoms with van der Waals surface area (Å²) >= 11 is 0. The minimum Gasteiger partial charge on any atom is -0.493 e. The molecule has 138 valence electrons. The number of nitrogens with zero attached hydrogens (tertiary/aromatic N) is 1. The van der Waals surface area contributed by atoms with Gasteiger partial charge in [-0.3, -0.25) is 9.59 Å². The van der Waals surface area contributed by atoms with Crippen LogP contribution in [0.5, 0.6) is 5.75 Å². The highest BCUT2D eigenvalue weighted by Crippen LogP contribution is 2.10. The predicted octanol–water partition coefficient (Wildman–Crippen LogP) is 2.76. The standard InChI is InChI=1S/C20H23FN2O3/c1-16(24)23(15-17-7-5-6-10-19(17)21)13-12-22-20(25)11-14-26-18-8-3-2-4-9-18/h2-10H,11-15H2,1H3,(H,22,25). The number of rotatable bonds is 9. The minimum atomic E-state index is -0.346. The Kier molecular flexibility index (Phi) is 7.61. The van der Waals surface area contributed by atoms with Crippen LogP contribution in [0.3, 0.4) is 0 Å². The molecule has 0 aromatic heterocycles. The summed E-state index contributed by atoms with van der Waals surface area (Å²) in [6, 6.07) is 15.6. The molecule has 0 atom stereocenters. The second-order valence-corrected chi connectivity index (χ2v) is 5.79. The Morgan fingerprint density at radius 2 is 1.77 bits per heavy atom. The topological polar surface area (TPSA) is 58.6 Å². The summed E-state index contributed by atoms with van der Waals surface area (Å²) in [6.07, 6.45) is 0.224. The lowest BCUT2D eigenvalue weighted by Crippen LogP contribution is -2.37. The van der Waals surface area contributed by atoms with E-state index < -0.39 is 0 Å². The van der Waals surface area contributed by atoms with Crippen molar-refractivity contribution >= 4 is 11.8 Å². The zero-order valence-corrected chi connectivity index (χ0v) is 14.8. The van der Waals surface area contributed by atoms with Gasteiger partial charge in [0.25, 0.3) is 0 Å². The first-order valence-corrected chi connectivity index (χ1v) is 8.49. The summed E-state index contributed by atoms with van der Waals surface area (Å²) in [5, 5.41) is 2.75. The fourth-order valence-corrected chi connectivity index (χ4v) is 2.38. The van der Waals surface area contributed by atoms with E-state index in [4.69, 9.17) is 4.74 Å². The molecule has 0 unspecified atom stereocenters. The zero-order chi connectivity index (χ0) is 18.8. The third-order valence-corrected chi connectivity index (χ3v) is 3.81. The Balaban J connectivity index is 1.71. The van der Waals surface area contributed by atoms with Crippen molar-refractivity contribution in [1.82, 2.24) is 10.2 Å². The number of carbonyl (C=O) groups is 2. The van der Waals surface area contributed by atoms with E-state index in [0.29, 0.717) is 24.4 Å². The molecule has 1 N–H and O–H groups in total. The number of amides is 2. The van der Waals surface area contributed by atoms with Crippen LogP contribution in [0.2, 0.25) is 0 Å². The van der Waals surface area contributed by atoms with Crippen LogP contribution < -0.4 is 10.1 Å². The van der Waals surface area contributed by atoms with Gasteiger partial charge in [-0.25, -0.2) is 4.39 Å². The average molecular weight is 358 g/mol. The highest BCUT2D eigenvalue weighted by Gasteiger charge is 2.12. The molecule has 2 aromatic rings. The Hall–Kier alpha value is -2.89. The summed E-state index contributed by atoms with van der Waals surface area (Å²) < 4.78 is 19.2. The molecule has 0 spiro atoms. The molecule has 0 aliphatic rings. The van der Waals surface area contributed by atoms with Crippen LogP contribution >= 0.6 is 0 Å². The smallest absolute Gasteiger partial charge is 0.223 e. The van der Waals surface area contributed by atoms with Gasteiger partial charge in [0.1, 0.15) is 11.6 Å². The van der Waals surface area contributed by atoms with Crippen LogP contribution in [0.15, 0.2) is 54.6 Å². The molecule has 0 saturated carbocycles. The molecule has 0 fully saturated rings. The van der Waals surface area contributed by atoms with Gasteiger partial charge in [-0.1, -0.05) is 36.4 Å². The number of hydrogen-bond donors (Lipinski definition) is 1. The normalized spacial score (nSPS) is 10.2. The van der Waals surface area contributed by atoms with Crippen molar-refractivity contribution in [3.63, 3.8) is 0 Å². The maximum Gasteiger partial charge on any atom is 0.223 e. The van der Waals surface area contributed by atoms with Crippen LogP contribution in [0.1, 0.15) is 18.9 Å². The van der Waals surface area contributed by atoms with Gasteiger partial charge in [-0.2, -0.15) is 0 Å². The number of benzene rings is 2. The fraction of sp³-hybridized carbons (Fsp3) is 0.300. The van der Waals surface area contributed by atoms with Crippen molar-refractivity contribution in [2.75, 3.05) is 19.7 Å². The van der Waals surface area contributed by atoms with Gasteiger partial charge in [0.15, 0.2) is 0 Å². The monoisotopic (exact) mass is 358 g/mol. The first kappa shape index (κ1) is 19.4. The summed E-state index contributed by atoms with van der Waals surface area (Å²) in [6.45, 7) is 2.50. The number of para-hydroxylation sites is 1. The predicted molar refractivity (Wildman–Crippen MR) is 97.1 cm³/mol. The van der Waals surface area contributed by atoms with Crippen LogP contribution in [-0.2, 0) is 16.1 Å². The van der Waals surface area contributed by atoms with Gasteiger partial charge in [0.2, 0.25) is 11.8 Å². The van der Waals surface area contributed by atoms with E-state index in [-0.39, 0.29) is 37.2 Å². The van der Waals surface area contributed by atoms with Crippen molar-refractivity contribution in [2.45, 2.75) is 19.9 Å². The highest BCUT2D eigenvalue weighted by molar-refractivity contribution is 5.76. The molecule has 2 rings (SSSR count). The van der Waals surface area contributed by atoms with Crippen LogP contribution in [0.4, 0.5) is 4.39 Å². The SMILES string of the molecule is CC(=O)N(CCNC(=O)CCOc1ccccc1)Cc1ccccc1F. The van der Waals surface area contributed by atoms with E-state index in [2.05, 4.69) is 5.32 Å². The Morgan fingerprint density at radius 3 is 2.46 bits per heavy atom. The summed E-state index contributed by atoms with van der Waals surface area (Å²) in [5.41, 5.74) is 0.449. The Morgan fingerprint density at radius 1 is 1.08 bits per heavy atom. The van der Waals surface area contributed by atoms with Crippen molar-refractivity contribution in [3.05, 3.63) is 66.0 Å². The molecule has 6 heteroatoms. The molecule has 0 bridgehead atoms. The Bertz CT molecular complexity index is 722. The van der Waals surface area contributed by atoms with Gasteiger partial charge in [-0.15, -0.1) is 0 Å². The fourth-order valence-electron chi connectivity index (χ4n) is 2.38. The molecule has 0 radical (unpaired) electrons. The number of ether oxygens (including phenoxy) is 1. The second-order valence-electron chi connectivity index (χ2n) is 5.79. The van der Waals surface area contributed by atoms with Crippen LogP contribution in [0.25, 0.3) is 0 Å². The molecular weight excluding hydrogens is 335 g/mol. The van der Waals surface area contributed by atoms with Gasteiger partial charge in [-0.05, 0) is 18.2 Å². The van der Waals surface area contributed by atoms with Gasteiger partial charge in [0, 0.05) is 32.1 Å². The van der Waals surface area contributed by atoms with E-state index in [0.717, 1.165) is 0 Å². The lowest BCUT2D eigenvalue weighted by atomic mass is 10.2. The molecular formula is C20H23FN2O3. The zero-order valence-electron chi connectivity index (χ0n) is 14.8. The van der Waals surface area contributed by atoms with Crippen molar-refractivity contribution in [2.24, 2.45) is 0 Å². The first-order valence-electron chi connectivity index (χ1n) is 8.49. The summed E-state index contributed by atoms with van der Waals surface area (Å²) in [4.78, 5) is 25.1. The van der Waals surface area contributed by atoms with Crippen molar-refractivity contribution < 1.29 is 18.7 Å². The third kappa shape index (κ3) is 6.55. The number of nitrogens with one attached hydrogen (secondary N) is 1. The molecule has 0 aliphatic heterocycles. The largest absolute Gasteiger partial charge is 0.493 e.